The van der Waals surface area contributed by atoms with E-state index in [1.165, 1.54) is 5.56 Å². The van der Waals surface area contributed by atoms with Crippen molar-refractivity contribution >= 4 is 11.8 Å². The molecule has 3 rings (SSSR count). The second-order valence-electron chi connectivity index (χ2n) is 6.33. The second-order valence-corrected chi connectivity index (χ2v) is 6.33. The van der Waals surface area contributed by atoms with Gasteiger partial charge in [0, 0.05) is 12.8 Å². The number of nitrogens with zero attached hydrogens (tertiary/aromatic N) is 1. The lowest BCUT2D eigenvalue weighted by atomic mass is 9.96. The van der Waals surface area contributed by atoms with Gasteiger partial charge in [-0.3, -0.25) is 0 Å². The van der Waals surface area contributed by atoms with Gasteiger partial charge in [0.2, 0.25) is 0 Å². The summed E-state index contributed by atoms with van der Waals surface area (Å²) in [5, 5.41) is 7.19. The molecule has 0 saturated heterocycles. The van der Waals surface area contributed by atoms with Crippen molar-refractivity contribution in [1.29, 1.82) is 0 Å². The molecule has 0 aliphatic carbocycles. The summed E-state index contributed by atoms with van der Waals surface area (Å²) in [6, 6.07) is 20.0. The van der Waals surface area contributed by atoms with Gasteiger partial charge in [-0.05, 0) is 24.5 Å². The Labute approximate surface area is 154 Å². The summed E-state index contributed by atoms with van der Waals surface area (Å²) in [5.41, 5.74) is 3.33. The second kappa shape index (κ2) is 9.04. The number of hydrogen-bond donors (Lipinski definition) is 1. The van der Waals surface area contributed by atoms with E-state index in [9.17, 15) is 4.79 Å². The van der Waals surface area contributed by atoms with Crippen molar-refractivity contribution in [1.82, 2.24) is 5.32 Å². The Morgan fingerprint density at radius 2 is 1.81 bits per heavy atom. The van der Waals surface area contributed by atoms with Crippen LogP contribution in [0.15, 0.2) is 65.8 Å². The molecule has 2 aromatic carbocycles. The van der Waals surface area contributed by atoms with Crippen LogP contribution in [0.25, 0.3) is 0 Å². The smallest absolute Gasteiger partial charge is 0.407 e. The largest absolute Gasteiger partial charge is 0.450 e. The van der Waals surface area contributed by atoms with Gasteiger partial charge in [0.25, 0.3) is 0 Å². The van der Waals surface area contributed by atoms with E-state index in [1.807, 2.05) is 48.5 Å². The lowest BCUT2D eigenvalue weighted by molar-refractivity contribution is 0.0521. The Bertz CT molecular complexity index is 731. The van der Waals surface area contributed by atoms with E-state index in [1.54, 1.807) is 6.92 Å². The Morgan fingerprint density at radius 1 is 1.15 bits per heavy atom. The third-order valence-electron chi connectivity index (χ3n) is 4.33. The van der Waals surface area contributed by atoms with Crippen molar-refractivity contribution in [3.8, 4) is 0 Å². The number of oxime groups is 1. The number of amides is 1. The van der Waals surface area contributed by atoms with Crippen LogP contribution in [0.1, 0.15) is 24.5 Å². The summed E-state index contributed by atoms with van der Waals surface area (Å²) in [6.45, 7) is 2.13. The summed E-state index contributed by atoms with van der Waals surface area (Å²) >= 11 is 0. The summed E-state index contributed by atoms with van der Waals surface area (Å²) in [6.07, 6.45) is 1.50. The predicted octanol–water partition coefficient (Wildman–Crippen LogP) is 3.73. The van der Waals surface area contributed by atoms with Crippen molar-refractivity contribution in [2.75, 3.05) is 6.61 Å². The van der Waals surface area contributed by atoms with Crippen LogP contribution in [0.2, 0.25) is 0 Å². The van der Waals surface area contributed by atoms with Gasteiger partial charge in [-0.15, -0.1) is 0 Å². The molecule has 136 valence electrons. The maximum Gasteiger partial charge on any atom is 0.407 e. The molecule has 5 nitrogen and oxygen atoms in total. The number of carbonyl (C=O) groups excluding carboxylic acids is 1. The van der Waals surface area contributed by atoms with Gasteiger partial charge >= 0.3 is 6.09 Å². The molecule has 1 aliphatic heterocycles. The zero-order chi connectivity index (χ0) is 18.2. The Balaban J connectivity index is 1.64. The minimum Gasteiger partial charge on any atom is -0.450 e. The van der Waals surface area contributed by atoms with Crippen LogP contribution in [0.4, 0.5) is 4.79 Å². The maximum absolute atomic E-state index is 11.9. The van der Waals surface area contributed by atoms with E-state index < -0.39 is 6.09 Å². The fraction of sp³-hybridized carbons (Fsp3) is 0.333. The average Bonchev–Trinajstić information content (AvgIpc) is 3.11. The van der Waals surface area contributed by atoms with Gasteiger partial charge in [0.1, 0.15) is 0 Å². The van der Waals surface area contributed by atoms with Crippen molar-refractivity contribution in [3.05, 3.63) is 71.8 Å². The molecule has 1 amide bonds. The van der Waals surface area contributed by atoms with Gasteiger partial charge in [0.15, 0.2) is 6.10 Å². The average molecular weight is 352 g/mol. The number of hydrogen-bond acceptors (Lipinski definition) is 4. The first kappa shape index (κ1) is 18.0. The molecule has 5 heteroatoms. The van der Waals surface area contributed by atoms with Crippen molar-refractivity contribution < 1.29 is 14.4 Å². The first-order valence-corrected chi connectivity index (χ1v) is 8.97. The highest BCUT2D eigenvalue weighted by Gasteiger charge is 2.31. The molecule has 0 aromatic heterocycles. The topological polar surface area (TPSA) is 59.9 Å². The lowest BCUT2D eigenvalue weighted by Gasteiger charge is -2.23. The zero-order valence-electron chi connectivity index (χ0n) is 14.9. The molecule has 0 radical (unpaired) electrons. The summed E-state index contributed by atoms with van der Waals surface area (Å²) in [5.74, 6) is 0. The minimum absolute atomic E-state index is 0.196. The van der Waals surface area contributed by atoms with E-state index >= 15 is 0 Å². The molecule has 0 bridgehead atoms. The molecule has 1 aliphatic rings. The van der Waals surface area contributed by atoms with E-state index in [-0.39, 0.29) is 12.1 Å². The van der Waals surface area contributed by atoms with Gasteiger partial charge in [0.05, 0.1) is 18.4 Å². The monoisotopic (exact) mass is 352 g/mol. The summed E-state index contributed by atoms with van der Waals surface area (Å²) < 4.78 is 5.05. The molecule has 2 atom stereocenters. The third-order valence-corrected chi connectivity index (χ3v) is 4.33. The number of nitrogens with one attached hydrogen (secondary N) is 1. The molecule has 2 aromatic rings. The molecular weight excluding hydrogens is 328 g/mol. The molecule has 0 spiro atoms. The number of ether oxygens (including phenoxy) is 1. The Hall–Kier alpha value is -2.82. The van der Waals surface area contributed by atoms with Crippen molar-refractivity contribution in [3.63, 3.8) is 0 Å². The van der Waals surface area contributed by atoms with Gasteiger partial charge in [-0.2, -0.15) is 0 Å². The van der Waals surface area contributed by atoms with Crippen molar-refractivity contribution in [2.24, 2.45) is 5.16 Å². The Morgan fingerprint density at radius 3 is 2.46 bits per heavy atom. The predicted molar refractivity (Wildman–Crippen MR) is 101 cm³/mol. The lowest BCUT2D eigenvalue weighted by Crippen LogP contribution is -2.45. The number of benzene rings is 2. The summed E-state index contributed by atoms with van der Waals surface area (Å²) in [4.78, 5) is 17.6. The SMILES string of the molecule is CCOC(=O)NC(Cc1ccccc1)C1CC(Cc2ccccc2)=NO1. The normalized spacial score (nSPS) is 17.1. The summed E-state index contributed by atoms with van der Waals surface area (Å²) in [7, 11) is 0. The van der Waals surface area contributed by atoms with Crippen LogP contribution in [-0.4, -0.2) is 30.6 Å². The fourth-order valence-corrected chi connectivity index (χ4v) is 3.07. The standard InChI is InChI=1S/C21H24N2O3/c1-2-25-21(24)22-19(14-17-11-7-4-8-12-17)20-15-18(23-26-20)13-16-9-5-3-6-10-16/h3-12,19-20H,2,13-15H2,1H3,(H,22,24). The van der Waals surface area contributed by atoms with Crippen LogP contribution in [0, 0.1) is 0 Å². The fourth-order valence-electron chi connectivity index (χ4n) is 3.07. The van der Waals surface area contributed by atoms with E-state index in [0.717, 1.165) is 17.7 Å². The van der Waals surface area contributed by atoms with Gasteiger partial charge in [-0.25, -0.2) is 4.79 Å². The van der Waals surface area contributed by atoms with E-state index in [0.29, 0.717) is 19.4 Å². The first-order valence-electron chi connectivity index (χ1n) is 8.97. The van der Waals surface area contributed by atoms with Crippen molar-refractivity contribution in [2.45, 2.75) is 38.3 Å². The molecule has 0 fully saturated rings. The van der Waals surface area contributed by atoms with E-state index in [2.05, 4.69) is 22.6 Å². The van der Waals surface area contributed by atoms with E-state index in [4.69, 9.17) is 9.57 Å². The van der Waals surface area contributed by atoms with Gasteiger partial charge in [-0.1, -0.05) is 65.8 Å². The number of carbonyl (C=O) groups is 1. The van der Waals surface area contributed by atoms with Crippen LogP contribution in [-0.2, 0) is 22.4 Å². The Kier molecular flexibility index (Phi) is 6.25. The van der Waals surface area contributed by atoms with Crippen LogP contribution < -0.4 is 5.32 Å². The minimum atomic E-state index is -0.423. The molecular formula is C21H24N2O3. The first-order chi connectivity index (χ1) is 12.7. The molecule has 1 N–H and O–H groups in total. The highest BCUT2D eigenvalue weighted by Crippen LogP contribution is 2.20. The molecule has 1 heterocycles. The zero-order valence-corrected chi connectivity index (χ0v) is 14.9. The van der Waals surface area contributed by atoms with Crippen LogP contribution in [0.5, 0.6) is 0 Å². The van der Waals surface area contributed by atoms with Gasteiger partial charge < -0.3 is 14.9 Å². The molecule has 26 heavy (non-hydrogen) atoms. The van der Waals surface area contributed by atoms with Crippen LogP contribution in [0.3, 0.4) is 0 Å². The molecule has 2 unspecified atom stereocenters. The maximum atomic E-state index is 11.9. The quantitative estimate of drug-likeness (QED) is 0.826. The van der Waals surface area contributed by atoms with Crippen LogP contribution >= 0.6 is 0 Å². The highest BCUT2D eigenvalue weighted by molar-refractivity contribution is 5.87. The highest BCUT2D eigenvalue weighted by atomic mass is 16.6. The molecule has 0 saturated carbocycles. The number of rotatable bonds is 7. The third kappa shape index (κ3) is 5.09. The number of alkyl carbamates (subject to hydrolysis) is 1.